The number of furan rings is 1. The number of hydrogen-bond acceptors (Lipinski definition) is 7. The largest absolute Gasteiger partial charge is 0.505 e. The lowest BCUT2D eigenvalue weighted by Gasteiger charge is -2.15. The number of aliphatic imine (C=N–C) groups is 1. The normalized spacial score (nSPS) is 11.5. The summed E-state index contributed by atoms with van der Waals surface area (Å²) in [5.74, 6) is -0.752. The van der Waals surface area contributed by atoms with Crippen molar-refractivity contribution in [2.75, 3.05) is 19.4 Å². The number of phenolic OH excluding ortho intramolecular Hbond substituents is 1. The number of phenols is 1. The van der Waals surface area contributed by atoms with E-state index >= 15 is 0 Å². The van der Waals surface area contributed by atoms with Gasteiger partial charge in [0.15, 0.2) is 11.4 Å². The molecule has 0 unspecified atom stereocenters. The zero-order valence-electron chi connectivity index (χ0n) is 19.6. The smallest absolute Gasteiger partial charge is 0.257 e. The Labute approximate surface area is 202 Å². The number of benzene rings is 2. The van der Waals surface area contributed by atoms with Crippen LogP contribution in [-0.4, -0.2) is 50.5 Å². The molecule has 0 aliphatic heterocycles. The number of para-hydroxylation sites is 1. The lowest BCUT2D eigenvalue weighted by Crippen LogP contribution is -2.21. The monoisotopic (exact) mass is 474 g/mol. The van der Waals surface area contributed by atoms with Crippen molar-refractivity contribution in [2.24, 2.45) is 4.99 Å². The van der Waals surface area contributed by atoms with Crippen LogP contribution in [0.2, 0.25) is 0 Å². The zero-order valence-corrected chi connectivity index (χ0v) is 19.6. The molecular weight excluding hydrogens is 448 g/mol. The Bertz CT molecular complexity index is 1370. The maximum atomic E-state index is 12.5. The quantitative estimate of drug-likeness (QED) is 0.225. The molecule has 9 heteroatoms. The number of aromatic hydroxyl groups is 3. The van der Waals surface area contributed by atoms with Gasteiger partial charge in [0.2, 0.25) is 11.8 Å². The van der Waals surface area contributed by atoms with Gasteiger partial charge < -0.3 is 30.0 Å². The predicted octanol–water partition coefficient (Wildman–Crippen LogP) is 4.83. The van der Waals surface area contributed by atoms with Crippen molar-refractivity contribution < 1.29 is 24.5 Å². The number of aromatic nitrogens is 1. The van der Waals surface area contributed by atoms with Crippen LogP contribution in [0.25, 0.3) is 0 Å². The van der Waals surface area contributed by atoms with Gasteiger partial charge in [0.1, 0.15) is 11.4 Å². The summed E-state index contributed by atoms with van der Waals surface area (Å²) >= 11 is 0. The fraction of sp³-hybridized carbons (Fsp3) is 0.154. The fourth-order valence-corrected chi connectivity index (χ4v) is 3.62. The Morgan fingerprint density at radius 2 is 1.74 bits per heavy atom. The third-order valence-electron chi connectivity index (χ3n) is 5.46. The highest BCUT2D eigenvalue weighted by Crippen LogP contribution is 2.48. The first-order valence-electron chi connectivity index (χ1n) is 10.9. The summed E-state index contributed by atoms with van der Waals surface area (Å²) in [7, 11) is 3.17. The molecule has 0 fully saturated rings. The summed E-state index contributed by atoms with van der Waals surface area (Å²) in [5.41, 5.74) is 1.68. The molecule has 2 aromatic heterocycles. The zero-order chi connectivity index (χ0) is 25.1. The number of hydrogen-bond donors (Lipinski definition) is 4. The van der Waals surface area contributed by atoms with E-state index in [0.29, 0.717) is 11.5 Å². The van der Waals surface area contributed by atoms with Crippen molar-refractivity contribution in [3.05, 3.63) is 83.8 Å². The van der Waals surface area contributed by atoms with Gasteiger partial charge in [-0.1, -0.05) is 36.4 Å². The van der Waals surface area contributed by atoms with Gasteiger partial charge in [0.25, 0.3) is 5.91 Å². The van der Waals surface area contributed by atoms with Crippen LogP contribution in [0.1, 0.15) is 28.6 Å². The number of carbonyl (C=O) groups is 1. The molecule has 0 aliphatic carbocycles. The van der Waals surface area contributed by atoms with E-state index in [-0.39, 0.29) is 52.6 Å². The minimum Gasteiger partial charge on any atom is -0.505 e. The third kappa shape index (κ3) is 4.70. The highest BCUT2D eigenvalue weighted by Gasteiger charge is 2.25. The molecule has 4 N–H and O–H groups in total. The molecule has 0 radical (unpaired) electrons. The summed E-state index contributed by atoms with van der Waals surface area (Å²) in [5, 5.41) is 35.9. The molecule has 1 amide bonds. The molecule has 35 heavy (non-hydrogen) atoms. The Morgan fingerprint density at radius 3 is 2.40 bits per heavy atom. The molecule has 4 aromatic rings. The molecule has 0 atom stereocenters. The summed E-state index contributed by atoms with van der Waals surface area (Å²) in [6, 6.07) is 17.4. The van der Waals surface area contributed by atoms with Crippen LogP contribution in [-0.2, 0) is 6.54 Å². The van der Waals surface area contributed by atoms with E-state index in [1.165, 1.54) is 21.8 Å². The lowest BCUT2D eigenvalue weighted by atomic mass is 10.1. The molecule has 0 aliphatic rings. The van der Waals surface area contributed by atoms with Gasteiger partial charge in [-0.05, 0) is 36.8 Å². The minimum absolute atomic E-state index is 0.0519. The van der Waals surface area contributed by atoms with Crippen molar-refractivity contribution >= 4 is 28.7 Å². The standard InChI is InChI=1S/C26H26N4O5/c1-16(20-13-8-14-35-20)27-21-22(26(34)30(25(21)33)15-17-9-5-4-6-10-17)28-19-12-7-11-18(23(19)31)24(32)29(2)3/h4-14,28,31,33-34H,15H2,1-3H3. The second-order valence-electron chi connectivity index (χ2n) is 8.14. The first kappa shape index (κ1) is 23.5. The van der Waals surface area contributed by atoms with E-state index in [1.807, 2.05) is 30.3 Å². The number of nitrogens with one attached hydrogen (secondary N) is 1. The average molecular weight is 475 g/mol. The number of amides is 1. The van der Waals surface area contributed by atoms with Crippen LogP contribution in [0.5, 0.6) is 17.5 Å². The Hall–Kier alpha value is -4.66. The number of anilines is 2. The van der Waals surface area contributed by atoms with E-state index < -0.39 is 0 Å². The summed E-state index contributed by atoms with van der Waals surface area (Å²) in [6.07, 6.45) is 1.51. The molecule has 2 aromatic carbocycles. The van der Waals surface area contributed by atoms with Crippen molar-refractivity contribution in [2.45, 2.75) is 13.5 Å². The third-order valence-corrected chi connectivity index (χ3v) is 5.46. The van der Waals surface area contributed by atoms with E-state index in [9.17, 15) is 20.1 Å². The lowest BCUT2D eigenvalue weighted by molar-refractivity contribution is 0.0824. The second kappa shape index (κ2) is 9.68. The molecule has 0 saturated heterocycles. The summed E-state index contributed by atoms with van der Waals surface area (Å²) in [4.78, 5) is 18.3. The molecule has 0 bridgehead atoms. The molecule has 2 heterocycles. The highest BCUT2D eigenvalue weighted by molar-refractivity contribution is 6.01. The Morgan fingerprint density at radius 1 is 1.00 bits per heavy atom. The van der Waals surface area contributed by atoms with Crippen molar-refractivity contribution in [3.63, 3.8) is 0 Å². The van der Waals surface area contributed by atoms with Crippen LogP contribution >= 0.6 is 0 Å². The van der Waals surface area contributed by atoms with Gasteiger partial charge in [-0.25, -0.2) is 4.99 Å². The second-order valence-corrected chi connectivity index (χ2v) is 8.14. The summed E-state index contributed by atoms with van der Waals surface area (Å²) in [6.45, 7) is 1.88. The average Bonchev–Trinajstić information content (AvgIpc) is 3.46. The number of rotatable bonds is 7. The highest BCUT2D eigenvalue weighted by atomic mass is 16.3. The van der Waals surface area contributed by atoms with Crippen LogP contribution in [0, 0.1) is 0 Å². The molecular formula is C26H26N4O5. The van der Waals surface area contributed by atoms with E-state index in [4.69, 9.17) is 4.42 Å². The van der Waals surface area contributed by atoms with Crippen molar-refractivity contribution in [1.82, 2.24) is 9.47 Å². The first-order chi connectivity index (χ1) is 16.8. The van der Waals surface area contributed by atoms with Crippen molar-refractivity contribution in [3.8, 4) is 17.5 Å². The van der Waals surface area contributed by atoms with Crippen LogP contribution < -0.4 is 5.32 Å². The van der Waals surface area contributed by atoms with Gasteiger partial charge in [-0.2, -0.15) is 0 Å². The first-order valence-corrected chi connectivity index (χ1v) is 10.9. The van der Waals surface area contributed by atoms with Crippen molar-refractivity contribution in [1.29, 1.82) is 0 Å². The molecule has 180 valence electrons. The minimum atomic E-state index is -0.383. The molecule has 9 nitrogen and oxygen atoms in total. The van der Waals surface area contributed by atoms with Gasteiger partial charge >= 0.3 is 0 Å². The molecule has 0 saturated carbocycles. The topological polar surface area (TPSA) is 123 Å². The predicted molar refractivity (Wildman–Crippen MR) is 133 cm³/mol. The Balaban J connectivity index is 1.83. The molecule has 0 spiro atoms. The van der Waals surface area contributed by atoms with Gasteiger partial charge in [-0.3, -0.25) is 9.36 Å². The Kier molecular flexibility index (Phi) is 6.50. The van der Waals surface area contributed by atoms with E-state index in [1.54, 1.807) is 45.3 Å². The van der Waals surface area contributed by atoms with Gasteiger partial charge in [0.05, 0.1) is 29.8 Å². The fourth-order valence-electron chi connectivity index (χ4n) is 3.62. The summed E-state index contributed by atoms with van der Waals surface area (Å²) < 4.78 is 6.70. The number of carbonyl (C=O) groups excluding carboxylic acids is 1. The number of nitrogens with zero attached hydrogens (tertiary/aromatic N) is 3. The van der Waals surface area contributed by atoms with Crippen LogP contribution in [0.15, 0.2) is 76.3 Å². The van der Waals surface area contributed by atoms with Gasteiger partial charge in [0, 0.05) is 14.1 Å². The SMILES string of the molecule is CC(=Nc1c(Nc2cccc(C(=O)N(C)C)c2O)c(O)n(Cc2ccccc2)c1O)c1ccco1. The maximum absolute atomic E-state index is 12.5. The van der Waals surface area contributed by atoms with E-state index in [2.05, 4.69) is 10.3 Å². The van der Waals surface area contributed by atoms with Crippen LogP contribution in [0.3, 0.4) is 0 Å². The molecule has 4 rings (SSSR count). The maximum Gasteiger partial charge on any atom is 0.257 e. The van der Waals surface area contributed by atoms with Gasteiger partial charge in [-0.15, -0.1) is 0 Å². The van der Waals surface area contributed by atoms with E-state index in [0.717, 1.165) is 5.56 Å². The van der Waals surface area contributed by atoms with Crippen LogP contribution in [0.4, 0.5) is 17.1 Å².